The highest BCUT2D eigenvalue weighted by Gasteiger charge is 2.36. The van der Waals surface area contributed by atoms with Crippen molar-refractivity contribution >= 4 is 11.5 Å². The lowest BCUT2D eigenvalue weighted by atomic mass is 9.71. The molecule has 0 radical (unpaired) electrons. The maximum absolute atomic E-state index is 11.4. The number of hydrogen-bond acceptors (Lipinski definition) is 2. The molecule has 3 aliphatic rings. The first-order valence-corrected chi connectivity index (χ1v) is 5.39. The molecule has 2 nitrogen and oxygen atoms in total. The minimum atomic E-state index is 0.199. The van der Waals surface area contributed by atoms with Gasteiger partial charge in [0.15, 0.2) is 0 Å². The first-order chi connectivity index (χ1) is 5.86. The molecule has 0 aliphatic heterocycles. The summed E-state index contributed by atoms with van der Waals surface area (Å²) in [6.45, 7) is 0. The Hall–Kier alpha value is -0.570. The fourth-order valence-electron chi connectivity index (χ4n) is 2.66. The Kier molecular flexibility index (Phi) is 1.28. The molecular weight excluding hydrogens is 170 g/mol. The van der Waals surface area contributed by atoms with E-state index in [0.717, 1.165) is 5.56 Å². The van der Waals surface area contributed by atoms with E-state index in [-0.39, 0.29) is 5.56 Å². The van der Waals surface area contributed by atoms with Crippen LogP contribution in [-0.2, 0) is 0 Å². The van der Waals surface area contributed by atoms with Crippen LogP contribution in [0.25, 0.3) is 0 Å². The molecule has 0 atom stereocenters. The molecule has 1 aromatic rings. The first-order valence-electron chi connectivity index (χ1n) is 4.57. The summed E-state index contributed by atoms with van der Waals surface area (Å²) in [5.74, 6) is 1.31. The number of H-pyrrole nitrogens is 1. The Labute approximate surface area is 74.8 Å². The van der Waals surface area contributed by atoms with E-state index in [0.29, 0.717) is 11.8 Å². The Balaban J connectivity index is 2.28. The Morgan fingerprint density at radius 2 is 1.83 bits per heavy atom. The highest BCUT2D eigenvalue weighted by Crippen LogP contribution is 2.49. The van der Waals surface area contributed by atoms with Gasteiger partial charge < -0.3 is 0 Å². The van der Waals surface area contributed by atoms with Crippen molar-refractivity contribution in [3.8, 4) is 0 Å². The summed E-state index contributed by atoms with van der Waals surface area (Å²) in [5.41, 5.74) is 1.34. The van der Waals surface area contributed by atoms with Crippen molar-refractivity contribution in [2.75, 3.05) is 0 Å². The van der Waals surface area contributed by atoms with E-state index >= 15 is 0 Å². The third kappa shape index (κ3) is 0.724. The van der Waals surface area contributed by atoms with Gasteiger partial charge in [-0.2, -0.15) is 0 Å². The van der Waals surface area contributed by atoms with E-state index < -0.39 is 0 Å². The summed E-state index contributed by atoms with van der Waals surface area (Å²) in [6.07, 6.45) is 5.12. The molecule has 1 aromatic heterocycles. The minimum Gasteiger partial charge on any atom is -0.277 e. The van der Waals surface area contributed by atoms with Crippen LogP contribution < -0.4 is 5.56 Å². The average molecular weight is 181 g/mol. The van der Waals surface area contributed by atoms with Crippen LogP contribution in [0.4, 0.5) is 0 Å². The predicted molar refractivity (Wildman–Crippen MR) is 48.9 cm³/mol. The second kappa shape index (κ2) is 2.22. The van der Waals surface area contributed by atoms with Crippen molar-refractivity contribution in [1.29, 1.82) is 0 Å². The van der Waals surface area contributed by atoms with Gasteiger partial charge in [0.1, 0.15) is 0 Å². The van der Waals surface area contributed by atoms with Crippen LogP contribution in [-0.4, -0.2) is 4.37 Å². The molecule has 0 unspecified atom stereocenters. The van der Waals surface area contributed by atoms with Gasteiger partial charge in [-0.3, -0.25) is 9.17 Å². The number of nitrogens with one attached hydrogen (secondary N) is 1. The molecule has 1 N–H and O–H groups in total. The second-order valence-corrected chi connectivity index (χ2v) is 4.71. The first kappa shape index (κ1) is 6.89. The van der Waals surface area contributed by atoms with E-state index in [1.54, 1.807) is 11.5 Å². The summed E-state index contributed by atoms with van der Waals surface area (Å²) < 4.78 is 2.87. The molecule has 4 rings (SSSR count). The molecule has 12 heavy (non-hydrogen) atoms. The van der Waals surface area contributed by atoms with Crippen molar-refractivity contribution < 1.29 is 0 Å². The maximum atomic E-state index is 11.4. The number of aromatic amines is 1. The zero-order valence-corrected chi connectivity index (χ0v) is 7.62. The van der Waals surface area contributed by atoms with Gasteiger partial charge in [-0.05, 0) is 37.5 Å². The van der Waals surface area contributed by atoms with E-state index in [4.69, 9.17) is 0 Å². The number of hydrogen-bond donors (Lipinski definition) is 1. The summed E-state index contributed by atoms with van der Waals surface area (Å²) in [4.78, 5) is 12.8. The van der Waals surface area contributed by atoms with Crippen LogP contribution in [0, 0.1) is 0 Å². The highest BCUT2D eigenvalue weighted by molar-refractivity contribution is 7.06. The molecule has 0 saturated heterocycles. The maximum Gasteiger partial charge on any atom is 0.261 e. The van der Waals surface area contributed by atoms with E-state index in [1.165, 1.54) is 30.6 Å². The number of fused-ring (bicyclic) bond motifs is 2. The summed E-state index contributed by atoms with van der Waals surface area (Å²) >= 11 is 1.58. The normalized spacial score (nSPS) is 32.0. The molecule has 1 heterocycles. The van der Waals surface area contributed by atoms with Crippen LogP contribution in [0.3, 0.4) is 0 Å². The van der Waals surface area contributed by atoms with Crippen LogP contribution in [0.2, 0.25) is 0 Å². The molecule has 0 amide bonds. The smallest absolute Gasteiger partial charge is 0.261 e. The molecule has 3 aliphatic carbocycles. The molecule has 3 heteroatoms. The van der Waals surface area contributed by atoms with Crippen molar-refractivity contribution in [3.05, 3.63) is 20.8 Å². The lowest BCUT2D eigenvalue weighted by molar-refractivity contribution is 0.363. The largest absolute Gasteiger partial charge is 0.277 e. The van der Waals surface area contributed by atoms with Crippen LogP contribution in [0.5, 0.6) is 0 Å². The molecule has 0 aromatic carbocycles. The van der Waals surface area contributed by atoms with Gasteiger partial charge in [-0.25, -0.2) is 0 Å². The van der Waals surface area contributed by atoms with Gasteiger partial charge in [0.25, 0.3) is 5.56 Å². The summed E-state index contributed by atoms with van der Waals surface area (Å²) in [7, 11) is 0. The van der Waals surface area contributed by atoms with Gasteiger partial charge in [-0.15, -0.1) is 0 Å². The van der Waals surface area contributed by atoms with Gasteiger partial charge in [0.05, 0.1) is 0 Å². The zero-order valence-electron chi connectivity index (χ0n) is 6.80. The Morgan fingerprint density at radius 1 is 1.17 bits per heavy atom. The van der Waals surface area contributed by atoms with E-state index in [2.05, 4.69) is 4.37 Å². The average Bonchev–Trinajstić information content (AvgIpc) is 2.53. The van der Waals surface area contributed by atoms with Gasteiger partial charge >= 0.3 is 0 Å². The summed E-state index contributed by atoms with van der Waals surface area (Å²) in [5, 5.41) is 0. The Bertz CT molecular complexity index is 357. The quantitative estimate of drug-likeness (QED) is 0.654. The van der Waals surface area contributed by atoms with E-state index in [1.807, 2.05) is 0 Å². The van der Waals surface area contributed by atoms with Crippen molar-refractivity contribution in [2.45, 2.75) is 37.5 Å². The molecule has 1 saturated carbocycles. The third-order valence-electron chi connectivity index (χ3n) is 3.27. The van der Waals surface area contributed by atoms with Crippen LogP contribution in [0.15, 0.2) is 4.79 Å². The number of rotatable bonds is 0. The molecule has 2 bridgehead atoms. The lowest BCUT2D eigenvalue weighted by Crippen LogP contribution is -2.24. The fourth-order valence-corrected chi connectivity index (χ4v) is 3.74. The van der Waals surface area contributed by atoms with Gasteiger partial charge in [0.2, 0.25) is 0 Å². The Morgan fingerprint density at radius 3 is 2.50 bits per heavy atom. The lowest BCUT2D eigenvalue weighted by Gasteiger charge is -2.34. The van der Waals surface area contributed by atoms with Crippen molar-refractivity contribution in [1.82, 2.24) is 4.37 Å². The molecule has 64 valence electrons. The molecular formula is C9H11NOS. The third-order valence-corrected chi connectivity index (χ3v) is 4.33. The monoisotopic (exact) mass is 181 g/mol. The minimum absolute atomic E-state index is 0.199. The van der Waals surface area contributed by atoms with Crippen LogP contribution in [0.1, 0.15) is 48.0 Å². The standard InChI is InChI=1S/C9H11NOS/c11-9-7-5-1-3-6(4-2-5)8(7)12-10-9/h5-6H,1-4H2,(H,10,11). The fraction of sp³-hybridized carbons (Fsp3) is 0.667. The highest BCUT2D eigenvalue weighted by atomic mass is 32.1. The van der Waals surface area contributed by atoms with Crippen LogP contribution >= 0.6 is 11.5 Å². The number of aromatic nitrogens is 1. The van der Waals surface area contributed by atoms with E-state index in [9.17, 15) is 4.79 Å². The van der Waals surface area contributed by atoms with Gasteiger partial charge in [-0.1, -0.05) is 11.5 Å². The topological polar surface area (TPSA) is 32.9 Å². The van der Waals surface area contributed by atoms with Gasteiger partial charge in [0, 0.05) is 10.4 Å². The summed E-state index contributed by atoms with van der Waals surface area (Å²) in [6, 6.07) is 0. The zero-order chi connectivity index (χ0) is 8.13. The SMILES string of the molecule is O=c1[nH]sc2c1C1CCC2CC1. The molecule has 0 spiro atoms. The predicted octanol–water partition coefficient (Wildman–Crippen LogP) is 2.19. The van der Waals surface area contributed by atoms with Crippen molar-refractivity contribution in [3.63, 3.8) is 0 Å². The molecule has 1 fully saturated rings. The second-order valence-electron chi connectivity index (χ2n) is 3.86. The van der Waals surface area contributed by atoms with Crippen molar-refractivity contribution in [2.24, 2.45) is 0 Å².